The number of carbonyl (C=O) groups excluding carboxylic acids is 1. The zero-order chi connectivity index (χ0) is 8.83. The van der Waals surface area contributed by atoms with Crippen molar-refractivity contribution >= 4 is 6.41 Å². The number of aliphatic hydroxyl groups is 1. The van der Waals surface area contributed by atoms with Gasteiger partial charge in [-0.15, -0.1) is 0 Å². The summed E-state index contributed by atoms with van der Waals surface area (Å²) in [5.74, 6) is 0. The Morgan fingerprint density at radius 1 is 1.30 bits per heavy atom. The van der Waals surface area contributed by atoms with E-state index in [1.165, 1.54) is 0 Å². The van der Waals surface area contributed by atoms with E-state index >= 15 is 0 Å². The first-order valence-corrected chi connectivity index (χ1v) is 3.69. The van der Waals surface area contributed by atoms with E-state index in [0.29, 0.717) is 13.0 Å². The molecule has 0 bridgehead atoms. The minimum Gasteiger partial charge on any atom is -0.395 e. The summed E-state index contributed by atoms with van der Waals surface area (Å²) in [5.41, 5.74) is 0. The van der Waals surface area contributed by atoms with Crippen molar-refractivity contribution in [3.63, 3.8) is 0 Å². The molecule has 0 atom stereocenters. The molecule has 0 aliphatic rings. The fraction of sp³-hybridized carbons (Fsp3) is 0.857. The standard InChI is InChI=1S/C3H7NO2.2C2H6/c5-2-1-4-3-6;2*1-2/h3,5H,1-2H2,(H,4,6);2*1-2H3. The number of hydrogen-bond donors (Lipinski definition) is 2. The third-order valence-electron chi connectivity index (χ3n) is 0.339. The number of nitrogens with one attached hydrogen (secondary N) is 1. The van der Waals surface area contributed by atoms with E-state index in [-0.39, 0.29) is 6.61 Å². The fourth-order valence-electron chi connectivity index (χ4n) is 0.123. The number of carbonyl (C=O) groups is 1. The van der Waals surface area contributed by atoms with Gasteiger partial charge in [-0.1, -0.05) is 27.7 Å². The molecule has 3 heteroatoms. The number of hydrogen-bond acceptors (Lipinski definition) is 2. The SMILES string of the molecule is CC.CC.O=CNCCO. The Hall–Kier alpha value is -0.570. The lowest BCUT2D eigenvalue weighted by atomic mass is 10.7. The van der Waals surface area contributed by atoms with Crippen LogP contribution in [0.1, 0.15) is 27.7 Å². The summed E-state index contributed by atoms with van der Waals surface area (Å²) in [5, 5.41) is 10.2. The smallest absolute Gasteiger partial charge is 0.207 e. The average molecular weight is 149 g/mol. The van der Waals surface area contributed by atoms with Gasteiger partial charge < -0.3 is 10.4 Å². The lowest BCUT2D eigenvalue weighted by Gasteiger charge is -1.85. The number of amides is 1. The van der Waals surface area contributed by atoms with Gasteiger partial charge in [0.05, 0.1) is 6.61 Å². The molecule has 0 fully saturated rings. The van der Waals surface area contributed by atoms with Crippen LogP contribution >= 0.6 is 0 Å². The highest BCUT2D eigenvalue weighted by atomic mass is 16.3. The predicted molar refractivity (Wildman–Crippen MR) is 43.8 cm³/mol. The van der Waals surface area contributed by atoms with Gasteiger partial charge in [0.15, 0.2) is 0 Å². The van der Waals surface area contributed by atoms with Crippen LogP contribution in [0.15, 0.2) is 0 Å². The Balaban J connectivity index is -0.000000105. The van der Waals surface area contributed by atoms with Gasteiger partial charge in [-0.25, -0.2) is 0 Å². The molecule has 64 valence electrons. The van der Waals surface area contributed by atoms with Crippen molar-refractivity contribution in [2.24, 2.45) is 0 Å². The van der Waals surface area contributed by atoms with Crippen LogP contribution in [0, 0.1) is 0 Å². The van der Waals surface area contributed by atoms with Crippen LogP contribution in [0.2, 0.25) is 0 Å². The molecule has 0 radical (unpaired) electrons. The van der Waals surface area contributed by atoms with Crippen molar-refractivity contribution in [3.05, 3.63) is 0 Å². The Morgan fingerprint density at radius 3 is 1.80 bits per heavy atom. The van der Waals surface area contributed by atoms with Crippen LogP contribution in [0.4, 0.5) is 0 Å². The molecule has 0 unspecified atom stereocenters. The number of rotatable bonds is 3. The second-order valence-electron chi connectivity index (χ2n) is 0.796. The van der Waals surface area contributed by atoms with E-state index in [0.717, 1.165) is 0 Å². The number of aliphatic hydroxyl groups excluding tert-OH is 1. The van der Waals surface area contributed by atoms with Crippen molar-refractivity contribution in [3.8, 4) is 0 Å². The molecule has 0 saturated carbocycles. The van der Waals surface area contributed by atoms with Crippen LogP contribution in [0.3, 0.4) is 0 Å². The Morgan fingerprint density at radius 2 is 1.70 bits per heavy atom. The molecule has 2 N–H and O–H groups in total. The second-order valence-corrected chi connectivity index (χ2v) is 0.796. The summed E-state index contributed by atoms with van der Waals surface area (Å²) in [6.07, 6.45) is 0.552. The maximum absolute atomic E-state index is 9.34. The zero-order valence-electron chi connectivity index (χ0n) is 7.35. The van der Waals surface area contributed by atoms with Crippen LogP contribution in [0.5, 0.6) is 0 Å². The second kappa shape index (κ2) is 39.6. The van der Waals surface area contributed by atoms with E-state index in [1.807, 2.05) is 27.7 Å². The summed E-state index contributed by atoms with van der Waals surface area (Å²) in [7, 11) is 0. The van der Waals surface area contributed by atoms with Gasteiger partial charge in [-0.05, 0) is 0 Å². The molecule has 0 aliphatic carbocycles. The first kappa shape index (κ1) is 16.2. The zero-order valence-corrected chi connectivity index (χ0v) is 7.35. The van der Waals surface area contributed by atoms with Gasteiger partial charge >= 0.3 is 0 Å². The average Bonchev–Trinajstić information content (AvgIpc) is 2.08. The van der Waals surface area contributed by atoms with Crippen LogP contribution in [-0.2, 0) is 4.79 Å². The monoisotopic (exact) mass is 149 g/mol. The van der Waals surface area contributed by atoms with Gasteiger partial charge in [0, 0.05) is 6.54 Å². The molecule has 0 aromatic rings. The van der Waals surface area contributed by atoms with Crippen molar-refractivity contribution in [1.29, 1.82) is 0 Å². The maximum Gasteiger partial charge on any atom is 0.207 e. The highest BCUT2D eigenvalue weighted by molar-refractivity contribution is 5.45. The molecular formula is C7H19NO2. The minimum absolute atomic E-state index is 0.0126. The Kier molecular flexibility index (Phi) is 64.1. The highest BCUT2D eigenvalue weighted by Crippen LogP contribution is 1.44. The van der Waals surface area contributed by atoms with Crippen molar-refractivity contribution in [2.45, 2.75) is 27.7 Å². The quantitative estimate of drug-likeness (QED) is 0.460. The van der Waals surface area contributed by atoms with Gasteiger partial charge in [-0.2, -0.15) is 0 Å². The molecule has 0 rings (SSSR count). The molecule has 1 amide bonds. The van der Waals surface area contributed by atoms with Crippen LogP contribution in [0.25, 0.3) is 0 Å². The Labute approximate surface area is 63.4 Å². The summed E-state index contributed by atoms with van der Waals surface area (Å²) in [4.78, 5) is 9.34. The van der Waals surface area contributed by atoms with E-state index in [1.54, 1.807) is 0 Å². The molecule has 0 aliphatic heterocycles. The van der Waals surface area contributed by atoms with Gasteiger partial charge in [0.1, 0.15) is 0 Å². The van der Waals surface area contributed by atoms with Gasteiger partial charge in [-0.3, -0.25) is 4.79 Å². The summed E-state index contributed by atoms with van der Waals surface area (Å²) in [6, 6.07) is 0. The first-order chi connectivity index (χ1) is 4.91. The van der Waals surface area contributed by atoms with Gasteiger partial charge in [0.25, 0.3) is 0 Å². The van der Waals surface area contributed by atoms with E-state index in [2.05, 4.69) is 5.32 Å². The van der Waals surface area contributed by atoms with Crippen molar-refractivity contribution in [2.75, 3.05) is 13.2 Å². The molecule has 0 aromatic heterocycles. The topological polar surface area (TPSA) is 49.3 Å². The highest BCUT2D eigenvalue weighted by Gasteiger charge is 1.70. The van der Waals surface area contributed by atoms with Crippen molar-refractivity contribution in [1.82, 2.24) is 5.32 Å². The summed E-state index contributed by atoms with van der Waals surface area (Å²) in [6.45, 7) is 8.36. The summed E-state index contributed by atoms with van der Waals surface area (Å²) >= 11 is 0. The lowest BCUT2D eigenvalue weighted by Crippen LogP contribution is -2.14. The third kappa shape index (κ3) is 52.0. The largest absolute Gasteiger partial charge is 0.395 e. The molecule has 0 heterocycles. The maximum atomic E-state index is 9.34. The van der Waals surface area contributed by atoms with E-state index < -0.39 is 0 Å². The molecule has 0 saturated heterocycles. The predicted octanol–water partition coefficient (Wildman–Crippen LogP) is 0.777. The Bertz CT molecular complexity index is 40.6. The molecule has 0 spiro atoms. The molecule has 3 nitrogen and oxygen atoms in total. The molecular weight excluding hydrogens is 130 g/mol. The normalized spacial score (nSPS) is 5.70. The van der Waals surface area contributed by atoms with Crippen molar-refractivity contribution < 1.29 is 9.90 Å². The first-order valence-electron chi connectivity index (χ1n) is 3.69. The van der Waals surface area contributed by atoms with Gasteiger partial charge in [0.2, 0.25) is 6.41 Å². The summed E-state index contributed by atoms with van der Waals surface area (Å²) < 4.78 is 0. The third-order valence-corrected chi connectivity index (χ3v) is 0.339. The fourth-order valence-corrected chi connectivity index (χ4v) is 0.123. The minimum atomic E-state index is 0.0126. The van der Waals surface area contributed by atoms with E-state index in [4.69, 9.17) is 5.11 Å². The molecule has 0 aromatic carbocycles. The van der Waals surface area contributed by atoms with Crippen LogP contribution < -0.4 is 5.32 Å². The van der Waals surface area contributed by atoms with E-state index in [9.17, 15) is 4.79 Å². The lowest BCUT2D eigenvalue weighted by molar-refractivity contribution is -0.109. The van der Waals surface area contributed by atoms with Crippen LogP contribution in [-0.4, -0.2) is 24.7 Å². The molecule has 10 heavy (non-hydrogen) atoms.